The van der Waals surface area contributed by atoms with Gasteiger partial charge in [0.2, 0.25) is 5.95 Å². The molecular formula is C19H22ClN5. The minimum atomic E-state index is 0.447. The minimum absolute atomic E-state index is 0.447. The van der Waals surface area contributed by atoms with Crippen LogP contribution in [0.4, 0.5) is 17.5 Å². The molecule has 1 aromatic heterocycles. The molecule has 0 spiro atoms. The number of hydrogen-bond acceptors (Lipinski definition) is 5. The lowest BCUT2D eigenvalue weighted by molar-refractivity contribution is 0.845. The monoisotopic (exact) mass is 355 g/mol. The second-order valence-electron chi connectivity index (χ2n) is 6.10. The highest BCUT2D eigenvalue weighted by Gasteiger charge is 2.25. The molecule has 5 nitrogen and oxygen atoms in total. The maximum absolute atomic E-state index is 6.23. The molecule has 130 valence electrons. The summed E-state index contributed by atoms with van der Waals surface area (Å²) in [6, 6.07) is 7.97. The SMILES string of the molecule is C=C(/C=C(\NC)C1CC1)Nc1nc(Nc2ccccc2C)ncc1Cl. The van der Waals surface area contributed by atoms with E-state index in [1.807, 2.05) is 44.3 Å². The summed E-state index contributed by atoms with van der Waals surface area (Å²) in [6.45, 7) is 6.08. The zero-order valence-corrected chi connectivity index (χ0v) is 15.2. The maximum atomic E-state index is 6.23. The highest BCUT2D eigenvalue weighted by Crippen LogP contribution is 2.35. The fourth-order valence-electron chi connectivity index (χ4n) is 2.51. The van der Waals surface area contributed by atoms with Crippen LogP contribution in [0.25, 0.3) is 0 Å². The van der Waals surface area contributed by atoms with Gasteiger partial charge in [0, 0.05) is 24.1 Å². The summed E-state index contributed by atoms with van der Waals surface area (Å²) in [7, 11) is 1.93. The van der Waals surface area contributed by atoms with Gasteiger partial charge < -0.3 is 16.0 Å². The summed E-state index contributed by atoms with van der Waals surface area (Å²) in [4.78, 5) is 8.71. The number of benzene rings is 1. The fourth-order valence-corrected chi connectivity index (χ4v) is 2.65. The molecule has 1 aromatic carbocycles. The molecule has 0 bridgehead atoms. The predicted octanol–water partition coefficient (Wildman–Crippen LogP) is 4.62. The van der Waals surface area contributed by atoms with Crippen LogP contribution in [0.15, 0.2) is 54.5 Å². The summed E-state index contributed by atoms with van der Waals surface area (Å²) in [5.74, 6) is 1.62. The molecule has 2 aromatic rings. The molecule has 0 unspecified atom stereocenters. The summed E-state index contributed by atoms with van der Waals surface area (Å²) in [5.41, 5.74) is 3.99. The van der Waals surface area contributed by atoms with Crippen LogP contribution in [0.3, 0.4) is 0 Å². The van der Waals surface area contributed by atoms with Crippen LogP contribution in [0.2, 0.25) is 5.02 Å². The Balaban J connectivity index is 1.75. The van der Waals surface area contributed by atoms with Crippen molar-refractivity contribution in [2.45, 2.75) is 19.8 Å². The van der Waals surface area contributed by atoms with Gasteiger partial charge in [-0.2, -0.15) is 4.98 Å². The Morgan fingerprint density at radius 3 is 2.76 bits per heavy atom. The second-order valence-corrected chi connectivity index (χ2v) is 6.51. The van der Waals surface area contributed by atoms with E-state index < -0.39 is 0 Å². The molecule has 0 aliphatic heterocycles. The van der Waals surface area contributed by atoms with E-state index in [1.54, 1.807) is 6.20 Å². The summed E-state index contributed by atoms with van der Waals surface area (Å²) < 4.78 is 0. The third kappa shape index (κ3) is 4.51. The molecule has 1 aliphatic carbocycles. The Morgan fingerprint density at radius 1 is 1.32 bits per heavy atom. The van der Waals surface area contributed by atoms with Gasteiger partial charge in [-0.3, -0.25) is 0 Å². The number of nitrogens with zero attached hydrogens (tertiary/aromatic N) is 2. The molecule has 0 amide bonds. The van der Waals surface area contributed by atoms with Crippen molar-refractivity contribution in [1.29, 1.82) is 0 Å². The number of anilines is 3. The number of aryl methyl sites for hydroxylation is 1. The van der Waals surface area contributed by atoms with Gasteiger partial charge in [0.1, 0.15) is 5.02 Å². The largest absolute Gasteiger partial charge is 0.391 e. The lowest BCUT2D eigenvalue weighted by Crippen LogP contribution is -2.10. The first kappa shape index (κ1) is 17.3. The number of halogens is 1. The van der Waals surface area contributed by atoms with Crippen LogP contribution in [0.1, 0.15) is 18.4 Å². The third-order valence-corrected chi connectivity index (χ3v) is 4.33. The van der Waals surface area contributed by atoms with E-state index in [2.05, 4.69) is 32.5 Å². The van der Waals surface area contributed by atoms with Gasteiger partial charge in [0.15, 0.2) is 5.82 Å². The summed E-state index contributed by atoms with van der Waals surface area (Å²) >= 11 is 6.23. The molecule has 3 rings (SSSR count). The lowest BCUT2D eigenvalue weighted by atomic mass is 10.2. The van der Waals surface area contributed by atoms with E-state index >= 15 is 0 Å². The van der Waals surface area contributed by atoms with Crippen molar-refractivity contribution in [2.24, 2.45) is 5.92 Å². The quantitative estimate of drug-likeness (QED) is 0.632. The summed E-state index contributed by atoms with van der Waals surface area (Å²) in [5, 5.41) is 10.1. The molecule has 1 saturated carbocycles. The van der Waals surface area contributed by atoms with E-state index in [0.29, 0.717) is 22.7 Å². The number of hydrogen-bond donors (Lipinski definition) is 3. The van der Waals surface area contributed by atoms with Crippen molar-refractivity contribution < 1.29 is 0 Å². The topological polar surface area (TPSA) is 61.9 Å². The average Bonchev–Trinajstić information content (AvgIpc) is 3.43. The minimum Gasteiger partial charge on any atom is -0.391 e. The van der Waals surface area contributed by atoms with Crippen LogP contribution < -0.4 is 16.0 Å². The fraction of sp³-hybridized carbons (Fsp3) is 0.263. The van der Waals surface area contributed by atoms with E-state index in [0.717, 1.165) is 16.9 Å². The molecule has 3 N–H and O–H groups in total. The first-order chi connectivity index (χ1) is 12.1. The molecule has 1 aliphatic rings. The van der Waals surface area contributed by atoms with Crippen LogP contribution >= 0.6 is 11.6 Å². The molecule has 25 heavy (non-hydrogen) atoms. The Hall–Kier alpha value is -2.53. The number of nitrogens with one attached hydrogen (secondary N) is 3. The lowest BCUT2D eigenvalue weighted by Gasteiger charge is -2.12. The van der Waals surface area contributed by atoms with Gasteiger partial charge in [0.05, 0.1) is 6.20 Å². The smallest absolute Gasteiger partial charge is 0.229 e. The van der Waals surface area contributed by atoms with Crippen molar-refractivity contribution >= 4 is 29.1 Å². The molecular weight excluding hydrogens is 334 g/mol. The Morgan fingerprint density at radius 2 is 2.08 bits per heavy atom. The molecule has 0 radical (unpaired) electrons. The Labute approximate surface area is 153 Å². The molecule has 0 saturated heterocycles. The highest BCUT2D eigenvalue weighted by molar-refractivity contribution is 6.32. The maximum Gasteiger partial charge on any atom is 0.229 e. The van der Waals surface area contributed by atoms with E-state index in [-0.39, 0.29) is 0 Å². The van der Waals surface area contributed by atoms with Gasteiger partial charge in [-0.1, -0.05) is 36.4 Å². The van der Waals surface area contributed by atoms with E-state index in [4.69, 9.17) is 11.6 Å². The van der Waals surface area contributed by atoms with Crippen molar-refractivity contribution in [2.75, 3.05) is 17.7 Å². The van der Waals surface area contributed by atoms with E-state index in [9.17, 15) is 0 Å². The molecule has 6 heteroatoms. The molecule has 0 atom stereocenters. The van der Waals surface area contributed by atoms with Crippen LogP contribution in [0, 0.1) is 12.8 Å². The van der Waals surface area contributed by atoms with Gasteiger partial charge in [-0.15, -0.1) is 0 Å². The number of rotatable bonds is 7. The number of allylic oxidation sites excluding steroid dienone is 2. The number of aromatic nitrogens is 2. The normalized spacial score (nSPS) is 14.1. The Bertz CT molecular complexity index is 811. The summed E-state index contributed by atoms with van der Waals surface area (Å²) in [6.07, 6.45) is 6.02. The standard InChI is InChI=1S/C19H22ClN5/c1-12-6-4-5-7-16(12)24-19-22-11-15(20)18(25-19)23-13(2)10-17(21-3)14-8-9-14/h4-7,10-11,14,21H,2,8-9H2,1,3H3,(H2,22,23,24,25)/b17-10-. The van der Waals surface area contributed by atoms with Gasteiger partial charge in [-0.25, -0.2) is 4.98 Å². The first-order valence-electron chi connectivity index (χ1n) is 8.27. The zero-order valence-electron chi connectivity index (χ0n) is 14.4. The second kappa shape index (κ2) is 7.57. The van der Waals surface area contributed by atoms with Gasteiger partial charge >= 0.3 is 0 Å². The first-order valence-corrected chi connectivity index (χ1v) is 8.65. The molecule has 1 heterocycles. The molecule has 1 fully saturated rings. The van der Waals surface area contributed by atoms with Gasteiger partial charge in [-0.05, 0) is 43.4 Å². The zero-order chi connectivity index (χ0) is 17.8. The average molecular weight is 356 g/mol. The third-order valence-electron chi connectivity index (χ3n) is 4.05. The van der Waals surface area contributed by atoms with Crippen LogP contribution in [0.5, 0.6) is 0 Å². The van der Waals surface area contributed by atoms with Gasteiger partial charge in [0.25, 0.3) is 0 Å². The van der Waals surface area contributed by atoms with Crippen LogP contribution in [-0.4, -0.2) is 17.0 Å². The highest BCUT2D eigenvalue weighted by atomic mass is 35.5. The van der Waals surface area contributed by atoms with Crippen molar-refractivity contribution in [3.05, 3.63) is 65.1 Å². The van der Waals surface area contributed by atoms with Crippen molar-refractivity contribution in [1.82, 2.24) is 15.3 Å². The Kier molecular flexibility index (Phi) is 5.24. The number of para-hydroxylation sites is 1. The van der Waals surface area contributed by atoms with E-state index in [1.165, 1.54) is 18.5 Å². The van der Waals surface area contributed by atoms with Crippen molar-refractivity contribution in [3.8, 4) is 0 Å². The van der Waals surface area contributed by atoms with Crippen LogP contribution in [-0.2, 0) is 0 Å². The van der Waals surface area contributed by atoms with Crippen molar-refractivity contribution in [3.63, 3.8) is 0 Å². The predicted molar refractivity (Wildman–Crippen MR) is 104 cm³/mol.